The normalized spacial score (nSPS) is 20.8. The van der Waals surface area contributed by atoms with Crippen LogP contribution in [-0.4, -0.2) is 283 Å². The molecule has 2 aliphatic rings. The molecule has 0 saturated carbocycles. The van der Waals surface area contributed by atoms with Gasteiger partial charge in [0.1, 0.15) is 6.10 Å². The van der Waals surface area contributed by atoms with Crippen LogP contribution in [0.3, 0.4) is 0 Å². The van der Waals surface area contributed by atoms with E-state index in [9.17, 15) is 84.9 Å². The van der Waals surface area contributed by atoms with E-state index < -0.39 is 91.1 Å². The van der Waals surface area contributed by atoms with E-state index >= 15 is 0 Å². The summed E-state index contributed by atoms with van der Waals surface area (Å²) in [6, 6.07) is -0.890. The number of carboxylic acids is 6. The highest BCUT2D eigenvalue weighted by Crippen LogP contribution is 2.20. The van der Waals surface area contributed by atoms with Crippen molar-refractivity contribution in [2.75, 3.05) is 131 Å². The molecule has 2 aliphatic heterocycles. The molecule has 58 heavy (non-hydrogen) atoms. The lowest BCUT2D eigenvalue weighted by Crippen LogP contribution is -2.67. The number of hydrogen-bond acceptors (Lipinski definition) is 20. The summed E-state index contributed by atoms with van der Waals surface area (Å²) in [6.07, 6.45) is -3.95. The van der Waals surface area contributed by atoms with E-state index in [1.807, 2.05) is 0 Å². The zero-order valence-electron chi connectivity index (χ0n) is 32.1. The van der Waals surface area contributed by atoms with Crippen LogP contribution in [0.5, 0.6) is 0 Å². The maximum absolute atomic E-state index is 11.7. The Hall–Kier alpha value is -3.74. The van der Waals surface area contributed by atoms with Gasteiger partial charge in [-0.15, -0.1) is 0 Å². The Morgan fingerprint density at radius 3 is 1.16 bits per heavy atom. The van der Waals surface area contributed by atoms with Crippen LogP contribution in [0.15, 0.2) is 0 Å². The van der Waals surface area contributed by atoms with E-state index in [0.29, 0.717) is 45.8 Å². The third kappa shape index (κ3) is 14.2. The molecule has 0 aromatic rings. The van der Waals surface area contributed by atoms with Gasteiger partial charge in [0.15, 0.2) is 0 Å². The summed E-state index contributed by atoms with van der Waals surface area (Å²) in [7, 11) is 0. The Kier molecular flexibility index (Phi) is 23.8. The minimum absolute atomic E-state index is 0.0342. The van der Waals surface area contributed by atoms with Gasteiger partial charge in [-0.2, -0.15) is 0 Å². The Morgan fingerprint density at radius 1 is 0.431 bits per heavy atom. The van der Waals surface area contributed by atoms with E-state index in [4.69, 9.17) is 5.11 Å². The zero-order valence-corrected chi connectivity index (χ0v) is 32.1. The molecule has 2 rings (SSSR count). The van der Waals surface area contributed by atoms with Crippen molar-refractivity contribution in [2.24, 2.45) is 0 Å². The molecule has 4 atom stereocenters. The first kappa shape index (κ1) is 52.3. The van der Waals surface area contributed by atoms with Crippen LogP contribution in [0.2, 0.25) is 0 Å². The first-order valence-electron chi connectivity index (χ1n) is 18.5. The van der Waals surface area contributed by atoms with Gasteiger partial charge in [0.2, 0.25) is 0 Å². The van der Waals surface area contributed by atoms with Gasteiger partial charge in [-0.25, -0.2) is 28.8 Å². The molecule has 0 aromatic carbocycles. The fourth-order valence-corrected chi connectivity index (χ4v) is 6.36. The number of rotatable bonds is 16. The third-order valence-corrected chi connectivity index (χ3v) is 9.77. The van der Waals surface area contributed by atoms with E-state index in [0.717, 1.165) is 9.80 Å². The molecule has 0 radical (unpaired) electrons. The standard InChI is InChI=1S/2C16H30N4O9/c21-9-11(12(23)10-22)19-5-3-17-1-2-18-4-6-20(8-7-19)16(13(24)25,14(26)27)15(28)29;21-10-12(23)11(22)9-19-5-3-17-1-2-18-4-6-20(8-7-19)16(13(24)25,14(26)27)15(28)29/h2*11-12,17-18,21-23H,1-10H2,(H,24,25)(H,26,27)(H,28,29). The van der Waals surface area contributed by atoms with Crippen molar-refractivity contribution < 1.29 is 90.0 Å². The van der Waals surface area contributed by atoms with Crippen LogP contribution in [0, 0.1) is 0 Å². The van der Waals surface area contributed by atoms with Gasteiger partial charge < -0.3 is 82.5 Å². The van der Waals surface area contributed by atoms with Crippen LogP contribution in [-0.2, 0) is 28.8 Å². The van der Waals surface area contributed by atoms with Gasteiger partial charge in [-0.1, -0.05) is 0 Å². The molecule has 2 fully saturated rings. The van der Waals surface area contributed by atoms with Crippen molar-refractivity contribution in [3.63, 3.8) is 0 Å². The largest absolute Gasteiger partial charge is 0.479 e. The maximum atomic E-state index is 11.7. The summed E-state index contributed by atoms with van der Waals surface area (Å²) in [5.74, 6) is -12.1. The van der Waals surface area contributed by atoms with Crippen LogP contribution in [0.1, 0.15) is 0 Å². The minimum Gasteiger partial charge on any atom is -0.479 e. The number of aliphatic hydroxyl groups excluding tert-OH is 6. The number of nitrogens with one attached hydrogen (secondary N) is 4. The van der Waals surface area contributed by atoms with Gasteiger partial charge in [0.05, 0.1) is 38.1 Å². The van der Waals surface area contributed by atoms with E-state index in [-0.39, 0.29) is 65.4 Å². The molecule has 0 amide bonds. The predicted molar refractivity (Wildman–Crippen MR) is 197 cm³/mol. The second kappa shape index (κ2) is 26.4. The highest BCUT2D eigenvalue weighted by atomic mass is 16.4. The lowest BCUT2D eigenvalue weighted by molar-refractivity contribution is -0.182. The maximum Gasteiger partial charge on any atom is 0.347 e. The van der Waals surface area contributed by atoms with Gasteiger partial charge in [-0.3, -0.25) is 19.6 Å². The molecule has 26 nitrogen and oxygen atoms in total. The average molecular weight is 845 g/mol. The third-order valence-electron chi connectivity index (χ3n) is 9.77. The van der Waals surface area contributed by atoms with Crippen molar-refractivity contribution in [1.29, 1.82) is 0 Å². The number of nitrogens with zero attached hydrogens (tertiary/aromatic N) is 4. The predicted octanol–water partition coefficient (Wildman–Crippen LogP) is -9.02. The minimum atomic E-state index is -3.18. The van der Waals surface area contributed by atoms with E-state index in [1.165, 1.54) is 0 Å². The van der Waals surface area contributed by atoms with Gasteiger partial charge in [0.25, 0.3) is 0 Å². The summed E-state index contributed by atoms with van der Waals surface area (Å²) < 4.78 is 0. The van der Waals surface area contributed by atoms with Crippen molar-refractivity contribution >= 4 is 35.8 Å². The number of β-amino-alcohol motifs (C(OH)–C–C–N with tert-alkyl or cyclic N) is 1. The molecule has 0 bridgehead atoms. The number of aliphatic hydroxyl groups is 6. The lowest BCUT2D eigenvalue weighted by Gasteiger charge is -2.38. The molecule has 336 valence electrons. The summed E-state index contributed by atoms with van der Waals surface area (Å²) in [6.45, 7) is 1.31. The molecule has 0 aliphatic carbocycles. The van der Waals surface area contributed by atoms with Gasteiger partial charge in [-0.05, 0) is 0 Å². The number of hydrogen-bond donors (Lipinski definition) is 16. The Morgan fingerprint density at radius 2 is 0.793 bits per heavy atom. The fourth-order valence-electron chi connectivity index (χ4n) is 6.36. The van der Waals surface area contributed by atoms with Crippen LogP contribution in [0.4, 0.5) is 0 Å². The summed E-state index contributed by atoms with van der Waals surface area (Å²) in [5.41, 5.74) is -6.33. The Balaban J connectivity index is 0.000000580. The number of carboxylic acid groups (broad SMARTS) is 6. The molecule has 26 heteroatoms. The molecule has 0 aromatic heterocycles. The first-order chi connectivity index (χ1) is 27.4. The Labute approximate surface area is 333 Å². The number of carbonyl (C=O) groups is 6. The second-order valence-corrected chi connectivity index (χ2v) is 13.4. The van der Waals surface area contributed by atoms with Crippen LogP contribution < -0.4 is 21.3 Å². The second-order valence-electron chi connectivity index (χ2n) is 13.4. The molecular weight excluding hydrogens is 784 g/mol. The lowest BCUT2D eigenvalue weighted by atomic mass is 9.97. The fraction of sp³-hybridized carbons (Fsp3) is 0.812. The van der Waals surface area contributed by atoms with Crippen molar-refractivity contribution in [1.82, 2.24) is 40.9 Å². The molecule has 2 heterocycles. The van der Waals surface area contributed by atoms with Crippen molar-refractivity contribution in [3.8, 4) is 0 Å². The van der Waals surface area contributed by atoms with Gasteiger partial charge in [0, 0.05) is 111 Å². The average Bonchev–Trinajstić information content (AvgIpc) is 3.14. The molecule has 0 spiro atoms. The molecule has 2 saturated heterocycles. The highest BCUT2D eigenvalue weighted by molar-refractivity contribution is 6.22. The van der Waals surface area contributed by atoms with Crippen molar-refractivity contribution in [2.45, 2.75) is 35.4 Å². The molecule has 4 unspecified atom stereocenters. The first-order valence-corrected chi connectivity index (χ1v) is 18.5. The monoisotopic (exact) mass is 844 g/mol. The highest BCUT2D eigenvalue weighted by Gasteiger charge is 2.60. The van der Waals surface area contributed by atoms with Crippen LogP contribution >= 0.6 is 0 Å². The topological polar surface area (TPSA) is 406 Å². The van der Waals surface area contributed by atoms with E-state index in [1.54, 1.807) is 9.80 Å². The summed E-state index contributed by atoms with van der Waals surface area (Å²) >= 11 is 0. The SMILES string of the molecule is O=C(O)C(C(=O)O)(C(=O)O)N1CCNCCNCCN(C(CO)C(O)CO)CC1.O=C(O)C(C(=O)O)(C(=O)O)N1CCNCCNCCN(CC(O)C(O)CO)CC1. The molecule has 16 N–H and O–H groups in total. The smallest absolute Gasteiger partial charge is 0.347 e. The summed E-state index contributed by atoms with van der Waals surface area (Å²) in [5, 5.41) is 126. The quantitative estimate of drug-likeness (QED) is 0.0641. The molecular formula is C32H60N8O18. The number of aliphatic carboxylic acids is 6. The van der Waals surface area contributed by atoms with E-state index in [2.05, 4.69) is 21.3 Å². The zero-order chi connectivity index (χ0) is 44.1. The van der Waals surface area contributed by atoms with Crippen molar-refractivity contribution in [3.05, 3.63) is 0 Å². The van der Waals surface area contributed by atoms with Gasteiger partial charge >= 0.3 is 46.9 Å². The summed E-state index contributed by atoms with van der Waals surface area (Å²) in [4.78, 5) is 75.3. The van der Waals surface area contributed by atoms with Crippen LogP contribution in [0.25, 0.3) is 0 Å². The Bertz CT molecular complexity index is 1240.